The maximum Gasteiger partial charge on any atom is 0.261 e. The predicted octanol–water partition coefficient (Wildman–Crippen LogP) is 6.45. The fourth-order valence-corrected chi connectivity index (χ4v) is 4.46. The molecule has 2 amide bonds. The summed E-state index contributed by atoms with van der Waals surface area (Å²) < 4.78 is 7.76. The highest BCUT2D eigenvalue weighted by molar-refractivity contribution is 9.10. The summed E-state index contributed by atoms with van der Waals surface area (Å²) in [5.41, 5.74) is 2.92. The van der Waals surface area contributed by atoms with E-state index in [0.717, 1.165) is 32.1 Å². The third-order valence-corrected chi connectivity index (χ3v) is 7.39. The zero-order valence-corrected chi connectivity index (χ0v) is 24.0. The quantitative estimate of drug-likeness (QED) is 0.270. The van der Waals surface area contributed by atoms with E-state index in [-0.39, 0.29) is 31.0 Å². The lowest BCUT2D eigenvalue weighted by molar-refractivity contribution is -0.143. The molecule has 7 heteroatoms. The number of rotatable bonds is 11. The van der Waals surface area contributed by atoms with Gasteiger partial charge in [-0.05, 0) is 67.3 Å². The number of hydrogen-bond donors (Lipinski definition) is 1. The van der Waals surface area contributed by atoms with Crippen molar-refractivity contribution in [1.29, 1.82) is 0 Å². The Kier molecular flexibility index (Phi) is 10.6. The first-order valence-electron chi connectivity index (χ1n) is 12.0. The molecule has 3 aromatic rings. The van der Waals surface area contributed by atoms with Gasteiger partial charge in [-0.15, -0.1) is 0 Å². The molecule has 0 radical (unpaired) electrons. The fraction of sp³-hybridized carbons (Fsp3) is 0.310. The van der Waals surface area contributed by atoms with Crippen LogP contribution in [0.5, 0.6) is 5.75 Å². The zero-order valence-electron chi connectivity index (χ0n) is 20.8. The average molecular weight is 616 g/mol. The zero-order chi connectivity index (χ0) is 26.1. The Balaban J connectivity index is 1.91. The molecule has 36 heavy (non-hydrogen) atoms. The Hall–Kier alpha value is -2.64. The van der Waals surface area contributed by atoms with Crippen molar-refractivity contribution in [2.24, 2.45) is 0 Å². The maximum atomic E-state index is 13.6. The molecule has 0 fully saturated rings. The van der Waals surface area contributed by atoms with Gasteiger partial charge in [0.1, 0.15) is 11.8 Å². The molecule has 0 aromatic heterocycles. The molecule has 3 rings (SSSR count). The molecule has 0 aliphatic heterocycles. The van der Waals surface area contributed by atoms with Crippen molar-refractivity contribution in [2.75, 3.05) is 6.61 Å². The number of nitrogens with zero attached hydrogens (tertiary/aromatic N) is 1. The van der Waals surface area contributed by atoms with Gasteiger partial charge in [-0.1, -0.05) is 81.2 Å². The second-order valence-electron chi connectivity index (χ2n) is 8.87. The van der Waals surface area contributed by atoms with Crippen LogP contribution in [0.3, 0.4) is 0 Å². The van der Waals surface area contributed by atoms with Crippen molar-refractivity contribution in [2.45, 2.75) is 52.2 Å². The number of amides is 2. The molecular weight excluding hydrogens is 584 g/mol. The average Bonchev–Trinajstić information content (AvgIpc) is 2.87. The molecule has 0 saturated carbocycles. The van der Waals surface area contributed by atoms with Crippen molar-refractivity contribution >= 4 is 43.7 Å². The number of nitrogens with one attached hydrogen (secondary N) is 1. The van der Waals surface area contributed by atoms with Gasteiger partial charge in [-0.25, -0.2) is 0 Å². The predicted molar refractivity (Wildman–Crippen MR) is 151 cm³/mol. The number of hydrogen-bond acceptors (Lipinski definition) is 3. The molecule has 5 nitrogen and oxygen atoms in total. The van der Waals surface area contributed by atoms with E-state index in [2.05, 4.69) is 37.2 Å². The van der Waals surface area contributed by atoms with Crippen LogP contribution in [0, 0.1) is 6.92 Å². The molecule has 0 saturated heterocycles. The first-order chi connectivity index (χ1) is 17.3. The summed E-state index contributed by atoms with van der Waals surface area (Å²) in [6.07, 6.45) is 1.20. The summed E-state index contributed by atoms with van der Waals surface area (Å²) in [5, 5.41) is 3.08. The van der Waals surface area contributed by atoms with Crippen molar-refractivity contribution in [3.63, 3.8) is 0 Å². The minimum absolute atomic E-state index is 0.000542. The van der Waals surface area contributed by atoms with E-state index in [4.69, 9.17) is 4.74 Å². The highest BCUT2D eigenvalue weighted by Crippen LogP contribution is 2.22. The summed E-state index contributed by atoms with van der Waals surface area (Å²) in [6, 6.07) is 22.5. The van der Waals surface area contributed by atoms with Crippen molar-refractivity contribution in [1.82, 2.24) is 10.2 Å². The summed E-state index contributed by atoms with van der Waals surface area (Å²) >= 11 is 7.00. The van der Waals surface area contributed by atoms with E-state index in [0.29, 0.717) is 12.2 Å². The summed E-state index contributed by atoms with van der Waals surface area (Å²) in [6.45, 7) is 6.07. The lowest BCUT2D eigenvalue weighted by Crippen LogP contribution is -2.53. The topological polar surface area (TPSA) is 58.6 Å². The van der Waals surface area contributed by atoms with Gasteiger partial charge in [0.25, 0.3) is 5.91 Å². The summed E-state index contributed by atoms with van der Waals surface area (Å²) in [5.74, 6) is 0.182. The molecule has 0 aliphatic carbocycles. The van der Waals surface area contributed by atoms with Gasteiger partial charge in [-0.2, -0.15) is 0 Å². The van der Waals surface area contributed by atoms with Gasteiger partial charge >= 0.3 is 0 Å². The van der Waals surface area contributed by atoms with Crippen LogP contribution in [0.2, 0.25) is 0 Å². The largest absolute Gasteiger partial charge is 0.484 e. The number of carbonyl (C=O) groups excluding carboxylic acids is 2. The molecule has 190 valence electrons. The Morgan fingerprint density at radius 1 is 0.972 bits per heavy atom. The monoisotopic (exact) mass is 614 g/mol. The Morgan fingerprint density at radius 3 is 2.36 bits per heavy atom. The lowest BCUT2D eigenvalue weighted by atomic mass is 10.0. The second-order valence-corrected chi connectivity index (χ2v) is 10.6. The van der Waals surface area contributed by atoms with E-state index in [1.807, 2.05) is 93.6 Å². The minimum Gasteiger partial charge on any atom is -0.484 e. The van der Waals surface area contributed by atoms with E-state index in [1.165, 1.54) is 0 Å². The number of benzene rings is 3. The van der Waals surface area contributed by atoms with Gasteiger partial charge in [0.15, 0.2) is 6.61 Å². The first-order valence-corrected chi connectivity index (χ1v) is 13.6. The van der Waals surface area contributed by atoms with Crippen LogP contribution >= 0.6 is 31.9 Å². The van der Waals surface area contributed by atoms with Gasteiger partial charge in [0.05, 0.1) is 0 Å². The van der Waals surface area contributed by atoms with Gasteiger partial charge < -0.3 is 15.0 Å². The Morgan fingerprint density at radius 2 is 1.69 bits per heavy atom. The van der Waals surface area contributed by atoms with Crippen LogP contribution < -0.4 is 10.1 Å². The standard InChI is InChI=1S/C29H32Br2N2O3/c1-4-21(3)32-29(35)27(17-22-9-6-5-7-10-22)33(18-23-11-8-12-24(30)16-23)28(34)19-36-25-13-14-26(31)20(2)15-25/h5-16,21,27H,4,17-19H2,1-3H3,(H,32,35). The molecule has 2 unspecified atom stereocenters. The molecule has 0 aliphatic rings. The number of halogens is 2. The fourth-order valence-electron chi connectivity index (χ4n) is 3.76. The van der Waals surface area contributed by atoms with E-state index in [1.54, 1.807) is 4.90 Å². The van der Waals surface area contributed by atoms with Crippen molar-refractivity contribution < 1.29 is 14.3 Å². The minimum atomic E-state index is -0.692. The molecule has 0 spiro atoms. The van der Waals surface area contributed by atoms with Crippen LogP contribution in [0.4, 0.5) is 0 Å². The molecule has 2 atom stereocenters. The molecule has 3 aromatic carbocycles. The normalized spacial score (nSPS) is 12.5. The Bertz CT molecular complexity index is 1170. The highest BCUT2D eigenvalue weighted by Gasteiger charge is 2.31. The highest BCUT2D eigenvalue weighted by atomic mass is 79.9. The van der Waals surface area contributed by atoms with E-state index < -0.39 is 6.04 Å². The van der Waals surface area contributed by atoms with Crippen molar-refractivity contribution in [3.8, 4) is 5.75 Å². The van der Waals surface area contributed by atoms with Gasteiger partial charge in [0, 0.05) is 28.0 Å². The molecule has 0 bridgehead atoms. The maximum absolute atomic E-state index is 13.6. The van der Waals surface area contributed by atoms with Crippen molar-refractivity contribution in [3.05, 3.63) is 98.4 Å². The second kappa shape index (κ2) is 13.6. The van der Waals surface area contributed by atoms with Crippen LogP contribution in [0.25, 0.3) is 0 Å². The Labute approximate surface area is 230 Å². The third kappa shape index (κ3) is 8.20. The third-order valence-electron chi connectivity index (χ3n) is 6.01. The SMILES string of the molecule is CCC(C)NC(=O)C(Cc1ccccc1)N(Cc1cccc(Br)c1)C(=O)COc1ccc(Br)c(C)c1. The van der Waals surface area contributed by atoms with E-state index in [9.17, 15) is 9.59 Å². The number of ether oxygens (including phenoxy) is 1. The molecular formula is C29H32Br2N2O3. The van der Waals surface area contributed by atoms with Crippen LogP contribution in [0.1, 0.15) is 37.0 Å². The van der Waals surface area contributed by atoms with Gasteiger partial charge in [-0.3, -0.25) is 9.59 Å². The molecule has 0 heterocycles. The van der Waals surface area contributed by atoms with Crippen LogP contribution in [0.15, 0.2) is 81.7 Å². The van der Waals surface area contributed by atoms with E-state index >= 15 is 0 Å². The summed E-state index contributed by atoms with van der Waals surface area (Å²) in [4.78, 5) is 28.8. The lowest BCUT2D eigenvalue weighted by Gasteiger charge is -2.32. The summed E-state index contributed by atoms with van der Waals surface area (Å²) in [7, 11) is 0. The van der Waals surface area contributed by atoms with Crippen LogP contribution in [-0.2, 0) is 22.6 Å². The number of carbonyl (C=O) groups is 2. The van der Waals surface area contributed by atoms with Gasteiger partial charge in [0.2, 0.25) is 5.91 Å². The molecule has 1 N–H and O–H groups in total. The number of aryl methyl sites for hydroxylation is 1. The van der Waals surface area contributed by atoms with Crippen LogP contribution in [-0.4, -0.2) is 35.4 Å². The smallest absolute Gasteiger partial charge is 0.261 e. The first kappa shape index (κ1) is 27.9.